The van der Waals surface area contributed by atoms with Crippen LogP contribution >= 0.6 is 0 Å². The molecule has 0 bridgehead atoms. The van der Waals surface area contributed by atoms with Crippen molar-refractivity contribution < 1.29 is 4.74 Å². The third kappa shape index (κ3) is 4.07. The van der Waals surface area contributed by atoms with Crippen molar-refractivity contribution in [2.75, 3.05) is 14.2 Å². The van der Waals surface area contributed by atoms with Crippen LogP contribution in [0.4, 0.5) is 0 Å². The summed E-state index contributed by atoms with van der Waals surface area (Å²) < 4.78 is 5.48. The van der Waals surface area contributed by atoms with Crippen LogP contribution in [-0.2, 0) is 11.2 Å². The highest BCUT2D eigenvalue weighted by Crippen LogP contribution is 2.25. The molecule has 0 aromatic carbocycles. The summed E-state index contributed by atoms with van der Waals surface area (Å²) in [6.07, 6.45) is 4.94. The largest absolute Gasteiger partial charge is 0.379 e. The predicted octanol–water partition coefficient (Wildman–Crippen LogP) is 3.11. The van der Waals surface area contributed by atoms with Gasteiger partial charge in [0, 0.05) is 19.3 Å². The first-order chi connectivity index (χ1) is 8.54. The smallest absolute Gasteiger partial charge is 0.0623 e. The van der Waals surface area contributed by atoms with Crippen LogP contribution in [0, 0.1) is 0 Å². The average Bonchev–Trinajstić information content (AvgIpc) is 2.40. The number of hydrogen-bond donors (Lipinski definition) is 1. The van der Waals surface area contributed by atoms with Crippen LogP contribution in [0.15, 0.2) is 18.3 Å². The van der Waals surface area contributed by atoms with Gasteiger partial charge in [0.05, 0.1) is 11.3 Å². The Balaban J connectivity index is 2.77. The van der Waals surface area contributed by atoms with E-state index in [-0.39, 0.29) is 5.60 Å². The number of pyridine rings is 1. The summed E-state index contributed by atoms with van der Waals surface area (Å²) in [7, 11) is 3.77. The van der Waals surface area contributed by atoms with Gasteiger partial charge in [-0.15, -0.1) is 0 Å². The molecule has 1 N–H and O–H groups in total. The SMILES string of the molecule is CCc1cccnc1C(CCC(C)(C)OC)NC. The van der Waals surface area contributed by atoms with Crippen LogP contribution in [0.25, 0.3) is 0 Å². The van der Waals surface area contributed by atoms with Gasteiger partial charge in [-0.05, 0) is 51.8 Å². The quantitative estimate of drug-likeness (QED) is 0.807. The van der Waals surface area contributed by atoms with Gasteiger partial charge in [-0.1, -0.05) is 13.0 Å². The van der Waals surface area contributed by atoms with Crippen molar-refractivity contribution in [1.82, 2.24) is 10.3 Å². The van der Waals surface area contributed by atoms with Crippen molar-refractivity contribution in [2.45, 2.75) is 51.7 Å². The standard InChI is InChI=1S/C15H26N2O/c1-6-12-8-7-11-17-14(12)13(16-4)9-10-15(2,3)18-5/h7-8,11,13,16H,6,9-10H2,1-5H3. The molecule has 0 aliphatic heterocycles. The Bertz CT molecular complexity index is 363. The lowest BCUT2D eigenvalue weighted by atomic mass is 9.95. The number of nitrogens with zero attached hydrogens (tertiary/aromatic N) is 1. The molecule has 102 valence electrons. The van der Waals surface area contributed by atoms with E-state index in [4.69, 9.17) is 4.74 Å². The van der Waals surface area contributed by atoms with Crippen LogP contribution < -0.4 is 5.32 Å². The van der Waals surface area contributed by atoms with E-state index < -0.39 is 0 Å². The van der Waals surface area contributed by atoms with E-state index in [1.165, 1.54) is 11.3 Å². The maximum Gasteiger partial charge on any atom is 0.0623 e. The van der Waals surface area contributed by atoms with E-state index in [1.54, 1.807) is 7.11 Å². The van der Waals surface area contributed by atoms with Crippen LogP contribution in [0.1, 0.15) is 50.9 Å². The molecule has 1 aromatic heterocycles. The monoisotopic (exact) mass is 250 g/mol. The van der Waals surface area contributed by atoms with Crippen LogP contribution in [0.3, 0.4) is 0 Å². The molecule has 0 spiro atoms. The van der Waals surface area contributed by atoms with Gasteiger partial charge in [0.1, 0.15) is 0 Å². The lowest BCUT2D eigenvalue weighted by molar-refractivity contribution is 0.0117. The second kappa shape index (κ2) is 6.86. The van der Waals surface area contributed by atoms with E-state index >= 15 is 0 Å². The molecule has 18 heavy (non-hydrogen) atoms. The first kappa shape index (κ1) is 15.1. The fourth-order valence-corrected chi connectivity index (χ4v) is 2.08. The molecule has 0 aliphatic rings. The minimum Gasteiger partial charge on any atom is -0.379 e. The van der Waals surface area contributed by atoms with E-state index in [0.717, 1.165) is 19.3 Å². The number of rotatable bonds is 7. The highest BCUT2D eigenvalue weighted by molar-refractivity contribution is 5.22. The maximum atomic E-state index is 5.48. The molecule has 0 saturated heterocycles. The molecular formula is C15H26N2O. The van der Waals surface area contributed by atoms with Crippen LogP contribution in [0.2, 0.25) is 0 Å². The topological polar surface area (TPSA) is 34.1 Å². The van der Waals surface area contributed by atoms with Crippen molar-refractivity contribution in [3.8, 4) is 0 Å². The first-order valence-electron chi connectivity index (χ1n) is 6.70. The molecule has 0 saturated carbocycles. The van der Waals surface area contributed by atoms with Gasteiger partial charge >= 0.3 is 0 Å². The van der Waals surface area contributed by atoms with Crippen molar-refractivity contribution in [3.63, 3.8) is 0 Å². The Labute approximate surface area is 111 Å². The Morgan fingerprint density at radius 3 is 2.72 bits per heavy atom. The molecule has 1 atom stereocenters. The van der Waals surface area contributed by atoms with Gasteiger partial charge in [0.15, 0.2) is 0 Å². The van der Waals surface area contributed by atoms with Gasteiger partial charge in [-0.25, -0.2) is 0 Å². The number of aryl methyl sites for hydroxylation is 1. The Morgan fingerprint density at radius 2 is 2.17 bits per heavy atom. The second-order valence-electron chi connectivity index (χ2n) is 5.25. The second-order valence-corrected chi connectivity index (χ2v) is 5.25. The zero-order valence-electron chi connectivity index (χ0n) is 12.3. The summed E-state index contributed by atoms with van der Waals surface area (Å²) in [5.41, 5.74) is 2.43. The van der Waals surface area contributed by atoms with Gasteiger partial charge in [-0.2, -0.15) is 0 Å². The number of nitrogens with one attached hydrogen (secondary N) is 1. The maximum absolute atomic E-state index is 5.48. The van der Waals surface area contributed by atoms with Gasteiger partial charge in [0.2, 0.25) is 0 Å². The van der Waals surface area contributed by atoms with Gasteiger partial charge in [0.25, 0.3) is 0 Å². The number of hydrogen-bond acceptors (Lipinski definition) is 3. The zero-order valence-corrected chi connectivity index (χ0v) is 12.3. The first-order valence-corrected chi connectivity index (χ1v) is 6.70. The predicted molar refractivity (Wildman–Crippen MR) is 75.7 cm³/mol. The normalized spacial score (nSPS) is 13.6. The van der Waals surface area contributed by atoms with Gasteiger partial charge < -0.3 is 10.1 Å². The zero-order chi connectivity index (χ0) is 13.6. The molecule has 0 fully saturated rings. The Kier molecular flexibility index (Phi) is 5.76. The molecule has 0 aliphatic carbocycles. The van der Waals surface area contributed by atoms with E-state index in [1.807, 2.05) is 19.3 Å². The number of methoxy groups -OCH3 is 1. The average molecular weight is 250 g/mol. The molecule has 0 amide bonds. The van der Waals surface area contributed by atoms with Crippen molar-refractivity contribution in [2.24, 2.45) is 0 Å². The molecular weight excluding hydrogens is 224 g/mol. The summed E-state index contributed by atoms with van der Waals surface area (Å²) in [5.74, 6) is 0. The molecule has 3 nitrogen and oxygen atoms in total. The lowest BCUT2D eigenvalue weighted by Gasteiger charge is -2.26. The highest BCUT2D eigenvalue weighted by atomic mass is 16.5. The summed E-state index contributed by atoms with van der Waals surface area (Å²) in [6.45, 7) is 6.42. The summed E-state index contributed by atoms with van der Waals surface area (Å²) in [5, 5.41) is 3.37. The van der Waals surface area contributed by atoms with Crippen molar-refractivity contribution in [3.05, 3.63) is 29.6 Å². The Hall–Kier alpha value is -0.930. The van der Waals surface area contributed by atoms with E-state index in [0.29, 0.717) is 6.04 Å². The summed E-state index contributed by atoms with van der Waals surface area (Å²) >= 11 is 0. The minimum atomic E-state index is -0.0732. The van der Waals surface area contributed by atoms with E-state index in [9.17, 15) is 0 Å². The molecule has 1 unspecified atom stereocenters. The summed E-state index contributed by atoms with van der Waals surface area (Å²) in [6, 6.07) is 4.47. The van der Waals surface area contributed by atoms with Crippen LogP contribution in [0.5, 0.6) is 0 Å². The highest BCUT2D eigenvalue weighted by Gasteiger charge is 2.21. The minimum absolute atomic E-state index is 0.0732. The van der Waals surface area contributed by atoms with E-state index in [2.05, 4.69) is 37.1 Å². The molecule has 3 heteroatoms. The molecule has 1 heterocycles. The molecule has 0 radical (unpaired) electrons. The fourth-order valence-electron chi connectivity index (χ4n) is 2.08. The Morgan fingerprint density at radius 1 is 1.44 bits per heavy atom. The van der Waals surface area contributed by atoms with Crippen LogP contribution in [-0.4, -0.2) is 24.7 Å². The van der Waals surface area contributed by atoms with Crippen molar-refractivity contribution in [1.29, 1.82) is 0 Å². The summed E-state index contributed by atoms with van der Waals surface area (Å²) in [4.78, 5) is 4.54. The fraction of sp³-hybridized carbons (Fsp3) is 0.667. The number of ether oxygens (including phenoxy) is 1. The van der Waals surface area contributed by atoms with Crippen molar-refractivity contribution >= 4 is 0 Å². The van der Waals surface area contributed by atoms with Gasteiger partial charge in [-0.3, -0.25) is 4.98 Å². The lowest BCUT2D eigenvalue weighted by Crippen LogP contribution is -2.26. The molecule has 1 aromatic rings. The third-order valence-electron chi connectivity index (χ3n) is 3.57. The number of aromatic nitrogens is 1. The third-order valence-corrected chi connectivity index (χ3v) is 3.57. The molecule has 1 rings (SSSR count).